The zero-order chi connectivity index (χ0) is 13.5. The van der Waals surface area contributed by atoms with Crippen molar-refractivity contribution in [2.45, 2.75) is 39.7 Å². The standard InChI is InChI=1S/C15H33N3/c1-13(2)10-16-11-15-7-9-18(12-15)14(3)6-8-17(4)5/h13-16H,6-12H2,1-5H3. The lowest BCUT2D eigenvalue weighted by Gasteiger charge is -2.25. The molecule has 0 aromatic rings. The highest BCUT2D eigenvalue weighted by molar-refractivity contribution is 4.81. The van der Waals surface area contributed by atoms with Crippen molar-refractivity contribution >= 4 is 0 Å². The molecule has 0 bridgehead atoms. The summed E-state index contributed by atoms with van der Waals surface area (Å²) in [4.78, 5) is 4.96. The van der Waals surface area contributed by atoms with E-state index in [9.17, 15) is 0 Å². The summed E-state index contributed by atoms with van der Waals surface area (Å²) in [6, 6.07) is 0.738. The molecule has 1 heterocycles. The van der Waals surface area contributed by atoms with E-state index >= 15 is 0 Å². The number of rotatable bonds is 8. The molecule has 1 rings (SSSR count). The van der Waals surface area contributed by atoms with Crippen LogP contribution >= 0.6 is 0 Å². The van der Waals surface area contributed by atoms with Crippen LogP contribution in [0.15, 0.2) is 0 Å². The van der Waals surface area contributed by atoms with Crippen LogP contribution in [0.3, 0.4) is 0 Å². The van der Waals surface area contributed by atoms with Gasteiger partial charge in [-0.25, -0.2) is 0 Å². The first kappa shape index (κ1) is 15.9. The summed E-state index contributed by atoms with van der Waals surface area (Å²) in [5.41, 5.74) is 0. The highest BCUT2D eigenvalue weighted by Gasteiger charge is 2.25. The summed E-state index contributed by atoms with van der Waals surface area (Å²) in [6.07, 6.45) is 2.66. The van der Waals surface area contributed by atoms with Gasteiger partial charge in [-0.3, -0.25) is 0 Å². The maximum absolute atomic E-state index is 3.60. The molecule has 0 amide bonds. The van der Waals surface area contributed by atoms with Gasteiger partial charge in [0.2, 0.25) is 0 Å². The van der Waals surface area contributed by atoms with Crippen molar-refractivity contribution in [3.8, 4) is 0 Å². The molecule has 0 radical (unpaired) electrons. The summed E-state index contributed by atoms with van der Waals surface area (Å²) in [5.74, 6) is 1.63. The van der Waals surface area contributed by atoms with Gasteiger partial charge in [-0.2, -0.15) is 0 Å². The highest BCUT2D eigenvalue weighted by atomic mass is 15.2. The first-order valence-electron chi connectivity index (χ1n) is 7.58. The summed E-state index contributed by atoms with van der Waals surface area (Å²) >= 11 is 0. The smallest absolute Gasteiger partial charge is 0.00792 e. The van der Waals surface area contributed by atoms with E-state index in [1.165, 1.54) is 39.0 Å². The quantitative estimate of drug-likeness (QED) is 0.714. The van der Waals surface area contributed by atoms with E-state index in [1.807, 2.05) is 0 Å². The Morgan fingerprint density at radius 1 is 1.28 bits per heavy atom. The molecule has 1 aliphatic rings. The van der Waals surface area contributed by atoms with Gasteiger partial charge < -0.3 is 15.1 Å². The maximum Gasteiger partial charge on any atom is 0.00792 e. The molecule has 2 unspecified atom stereocenters. The van der Waals surface area contributed by atoms with Gasteiger partial charge in [0.05, 0.1) is 0 Å². The Morgan fingerprint density at radius 2 is 2.00 bits per heavy atom. The van der Waals surface area contributed by atoms with Gasteiger partial charge in [0, 0.05) is 12.6 Å². The molecule has 3 heteroatoms. The van der Waals surface area contributed by atoms with Crippen LogP contribution in [-0.4, -0.2) is 62.7 Å². The third-order valence-electron chi connectivity index (χ3n) is 3.92. The van der Waals surface area contributed by atoms with Crippen molar-refractivity contribution in [1.29, 1.82) is 0 Å². The number of likely N-dealkylation sites (tertiary alicyclic amines) is 1. The Bertz CT molecular complexity index is 216. The van der Waals surface area contributed by atoms with Gasteiger partial charge in [-0.05, 0) is 71.9 Å². The molecule has 0 aromatic heterocycles. The zero-order valence-corrected chi connectivity index (χ0v) is 13.1. The predicted octanol–water partition coefficient (Wildman–Crippen LogP) is 1.89. The van der Waals surface area contributed by atoms with Gasteiger partial charge in [-0.15, -0.1) is 0 Å². The van der Waals surface area contributed by atoms with Crippen LogP contribution in [0.1, 0.15) is 33.6 Å². The van der Waals surface area contributed by atoms with Crippen molar-refractivity contribution in [2.24, 2.45) is 11.8 Å². The van der Waals surface area contributed by atoms with E-state index in [4.69, 9.17) is 0 Å². The first-order valence-corrected chi connectivity index (χ1v) is 7.58. The minimum absolute atomic E-state index is 0.738. The Morgan fingerprint density at radius 3 is 2.61 bits per heavy atom. The molecule has 1 N–H and O–H groups in total. The van der Waals surface area contributed by atoms with Crippen molar-refractivity contribution in [3.05, 3.63) is 0 Å². The van der Waals surface area contributed by atoms with Gasteiger partial charge >= 0.3 is 0 Å². The first-order chi connectivity index (χ1) is 8.49. The largest absolute Gasteiger partial charge is 0.316 e. The second kappa shape index (κ2) is 8.13. The predicted molar refractivity (Wildman–Crippen MR) is 80.0 cm³/mol. The van der Waals surface area contributed by atoms with Crippen LogP contribution in [-0.2, 0) is 0 Å². The SMILES string of the molecule is CC(C)CNCC1CCN(C(C)CCN(C)C)C1. The fraction of sp³-hybridized carbons (Fsp3) is 1.00. The third-order valence-corrected chi connectivity index (χ3v) is 3.92. The van der Waals surface area contributed by atoms with Gasteiger partial charge in [0.25, 0.3) is 0 Å². The molecule has 0 aromatic carbocycles. The molecule has 3 nitrogen and oxygen atoms in total. The lowest BCUT2D eigenvalue weighted by atomic mass is 10.1. The second-order valence-electron chi connectivity index (χ2n) is 6.64. The van der Waals surface area contributed by atoms with Crippen LogP contribution in [0.2, 0.25) is 0 Å². The number of nitrogens with one attached hydrogen (secondary N) is 1. The van der Waals surface area contributed by atoms with Crippen LogP contribution in [0.5, 0.6) is 0 Å². The van der Waals surface area contributed by atoms with Crippen molar-refractivity contribution < 1.29 is 0 Å². The molecule has 1 aliphatic heterocycles. The molecular formula is C15H33N3. The number of nitrogens with zero attached hydrogens (tertiary/aromatic N) is 2. The molecule has 0 spiro atoms. The summed E-state index contributed by atoms with van der Waals surface area (Å²) in [7, 11) is 4.32. The fourth-order valence-corrected chi connectivity index (χ4v) is 2.63. The molecule has 0 saturated carbocycles. The highest BCUT2D eigenvalue weighted by Crippen LogP contribution is 2.19. The normalized spacial score (nSPS) is 23.2. The lowest BCUT2D eigenvalue weighted by Crippen LogP contribution is -2.35. The van der Waals surface area contributed by atoms with Gasteiger partial charge in [0.1, 0.15) is 0 Å². The van der Waals surface area contributed by atoms with Crippen molar-refractivity contribution in [3.63, 3.8) is 0 Å². The van der Waals surface area contributed by atoms with Crippen LogP contribution < -0.4 is 5.32 Å². The Kier molecular flexibility index (Phi) is 7.20. The zero-order valence-electron chi connectivity index (χ0n) is 13.1. The molecule has 0 aliphatic carbocycles. The van der Waals surface area contributed by atoms with Crippen LogP contribution in [0.4, 0.5) is 0 Å². The molecule has 2 atom stereocenters. The minimum atomic E-state index is 0.738. The van der Waals surface area contributed by atoms with Crippen LogP contribution in [0.25, 0.3) is 0 Å². The summed E-state index contributed by atoms with van der Waals surface area (Å²) < 4.78 is 0. The van der Waals surface area contributed by atoms with E-state index in [0.717, 1.165) is 24.4 Å². The molecule has 108 valence electrons. The molecular weight excluding hydrogens is 222 g/mol. The van der Waals surface area contributed by atoms with E-state index < -0.39 is 0 Å². The lowest BCUT2D eigenvalue weighted by molar-refractivity contribution is 0.219. The third kappa shape index (κ3) is 6.17. The maximum atomic E-state index is 3.60. The topological polar surface area (TPSA) is 18.5 Å². The monoisotopic (exact) mass is 255 g/mol. The average Bonchev–Trinajstić information content (AvgIpc) is 2.74. The Balaban J connectivity index is 2.15. The van der Waals surface area contributed by atoms with Gasteiger partial charge in [0.15, 0.2) is 0 Å². The molecule has 1 fully saturated rings. The summed E-state index contributed by atoms with van der Waals surface area (Å²) in [6.45, 7) is 13.1. The second-order valence-corrected chi connectivity index (χ2v) is 6.64. The van der Waals surface area contributed by atoms with E-state index in [2.05, 4.69) is 50.0 Å². The van der Waals surface area contributed by atoms with E-state index in [1.54, 1.807) is 0 Å². The van der Waals surface area contributed by atoms with E-state index in [-0.39, 0.29) is 0 Å². The van der Waals surface area contributed by atoms with Crippen molar-refractivity contribution in [1.82, 2.24) is 15.1 Å². The summed E-state index contributed by atoms with van der Waals surface area (Å²) in [5, 5.41) is 3.60. The Hall–Kier alpha value is -0.120. The van der Waals surface area contributed by atoms with Crippen LogP contribution in [0, 0.1) is 11.8 Å². The van der Waals surface area contributed by atoms with Gasteiger partial charge in [-0.1, -0.05) is 13.8 Å². The average molecular weight is 255 g/mol. The fourth-order valence-electron chi connectivity index (χ4n) is 2.63. The molecule has 18 heavy (non-hydrogen) atoms. The number of hydrogen-bond donors (Lipinski definition) is 1. The number of hydrogen-bond acceptors (Lipinski definition) is 3. The Labute approximate surface area is 114 Å². The minimum Gasteiger partial charge on any atom is -0.316 e. The van der Waals surface area contributed by atoms with E-state index in [0.29, 0.717) is 0 Å². The van der Waals surface area contributed by atoms with Crippen molar-refractivity contribution in [2.75, 3.05) is 46.8 Å². The molecule has 1 saturated heterocycles.